The molecule has 0 radical (unpaired) electrons. The number of benzene rings is 1. The molecule has 23 heavy (non-hydrogen) atoms. The molecule has 1 heterocycles. The van der Waals surface area contributed by atoms with Crippen LogP contribution in [0.1, 0.15) is 24.4 Å². The molecule has 0 aliphatic carbocycles. The van der Waals surface area contributed by atoms with Crippen molar-refractivity contribution in [2.24, 2.45) is 0 Å². The zero-order chi connectivity index (χ0) is 15.5. The fourth-order valence-corrected chi connectivity index (χ4v) is 3.02. The van der Waals surface area contributed by atoms with Crippen LogP contribution in [0.15, 0.2) is 18.2 Å². The standard InChI is InChI=1S/C14H17Cl2F3N2.2ClH/c15-10-1-2-12(16)11(9-10)13(3-4-14(17,18)19)21-7-5-20-6-8-21;;/h1-2,9,13,20H,3-8H2;2*1H/t13-;;/m1../s1. The average molecular weight is 414 g/mol. The van der Waals surface area contributed by atoms with E-state index in [4.69, 9.17) is 23.2 Å². The number of hydrogen-bond acceptors (Lipinski definition) is 2. The van der Waals surface area contributed by atoms with Gasteiger partial charge in [0.15, 0.2) is 0 Å². The lowest BCUT2D eigenvalue weighted by atomic mass is 9.99. The van der Waals surface area contributed by atoms with E-state index in [9.17, 15) is 13.2 Å². The molecule has 1 aliphatic rings. The van der Waals surface area contributed by atoms with Gasteiger partial charge in [-0.05, 0) is 30.2 Å². The molecule has 1 atom stereocenters. The average Bonchev–Trinajstić information content (AvgIpc) is 2.43. The van der Waals surface area contributed by atoms with Crippen LogP contribution in [0.5, 0.6) is 0 Å². The smallest absolute Gasteiger partial charge is 0.314 e. The van der Waals surface area contributed by atoms with Crippen LogP contribution in [0, 0.1) is 0 Å². The molecule has 0 saturated carbocycles. The molecule has 9 heteroatoms. The maximum absolute atomic E-state index is 12.6. The number of alkyl halides is 3. The van der Waals surface area contributed by atoms with Crippen molar-refractivity contribution in [2.45, 2.75) is 25.1 Å². The molecule has 0 bridgehead atoms. The van der Waals surface area contributed by atoms with Crippen molar-refractivity contribution < 1.29 is 13.2 Å². The lowest BCUT2D eigenvalue weighted by Crippen LogP contribution is -2.45. The molecule has 1 saturated heterocycles. The fourth-order valence-electron chi connectivity index (χ4n) is 2.60. The van der Waals surface area contributed by atoms with Crippen LogP contribution in [0.3, 0.4) is 0 Å². The molecule has 1 aliphatic heterocycles. The van der Waals surface area contributed by atoms with Gasteiger partial charge in [0.05, 0.1) is 0 Å². The SMILES string of the molecule is Cl.Cl.FC(F)(F)CC[C@H](c1cc(Cl)ccc1Cl)N1CCNCC1. The quantitative estimate of drug-likeness (QED) is 0.736. The van der Waals surface area contributed by atoms with Crippen LogP contribution in [0.25, 0.3) is 0 Å². The summed E-state index contributed by atoms with van der Waals surface area (Å²) >= 11 is 12.2. The first-order valence-electron chi connectivity index (χ1n) is 6.83. The Labute approximate surface area is 156 Å². The molecule has 0 amide bonds. The molecule has 1 fully saturated rings. The van der Waals surface area contributed by atoms with Gasteiger partial charge >= 0.3 is 6.18 Å². The summed E-state index contributed by atoms with van der Waals surface area (Å²) in [6, 6.07) is 4.60. The van der Waals surface area contributed by atoms with E-state index in [2.05, 4.69) is 5.32 Å². The first kappa shape index (κ1) is 23.1. The van der Waals surface area contributed by atoms with Crippen molar-refractivity contribution in [1.82, 2.24) is 10.2 Å². The van der Waals surface area contributed by atoms with E-state index in [-0.39, 0.29) is 37.3 Å². The third-order valence-electron chi connectivity index (χ3n) is 3.61. The van der Waals surface area contributed by atoms with Crippen molar-refractivity contribution in [3.63, 3.8) is 0 Å². The second-order valence-electron chi connectivity index (χ2n) is 5.12. The summed E-state index contributed by atoms with van der Waals surface area (Å²) < 4.78 is 37.8. The topological polar surface area (TPSA) is 15.3 Å². The summed E-state index contributed by atoms with van der Waals surface area (Å²) in [4.78, 5) is 2.04. The van der Waals surface area contributed by atoms with E-state index >= 15 is 0 Å². The van der Waals surface area contributed by atoms with E-state index in [0.29, 0.717) is 28.7 Å². The maximum atomic E-state index is 12.6. The second-order valence-corrected chi connectivity index (χ2v) is 5.97. The zero-order valence-corrected chi connectivity index (χ0v) is 15.4. The maximum Gasteiger partial charge on any atom is 0.389 e. The highest BCUT2D eigenvalue weighted by Crippen LogP contribution is 2.36. The first-order valence-corrected chi connectivity index (χ1v) is 7.59. The summed E-state index contributed by atoms with van der Waals surface area (Å²) in [6.45, 7) is 2.93. The lowest BCUT2D eigenvalue weighted by molar-refractivity contribution is -0.138. The Balaban J connectivity index is 0.00000242. The minimum Gasteiger partial charge on any atom is -0.314 e. The van der Waals surface area contributed by atoms with E-state index in [1.165, 1.54) is 0 Å². The molecule has 1 aromatic rings. The van der Waals surface area contributed by atoms with Gasteiger partial charge in [-0.2, -0.15) is 13.2 Å². The summed E-state index contributed by atoms with van der Waals surface area (Å²) in [7, 11) is 0. The minimum atomic E-state index is -4.17. The Kier molecular flexibility index (Phi) is 10.2. The summed E-state index contributed by atoms with van der Waals surface area (Å²) in [5.74, 6) is 0. The fraction of sp³-hybridized carbons (Fsp3) is 0.571. The van der Waals surface area contributed by atoms with Crippen LogP contribution in [-0.4, -0.2) is 37.3 Å². The van der Waals surface area contributed by atoms with Crippen LogP contribution < -0.4 is 5.32 Å². The molecular formula is C14H19Cl4F3N2. The summed E-state index contributed by atoms with van der Waals surface area (Å²) in [6.07, 6.45) is -5.01. The number of nitrogens with one attached hydrogen (secondary N) is 1. The number of hydrogen-bond donors (Lipinski definition) is 1. The van der Waals surface area contributed by atoms with Crippen molar-refractivity contribution in [3.05, 3.63) is 33.8 Å². The Morgan fingerprint density at radius 3 is 2.30 bits per heavy atom. The molecular weight excluding hydrogens is 395 g/mol. The van der Waals surface area contributed by atoms with Gasteiger partial charge in [-0.1, -0.05) is 23.2 Å². The Bertz CT molecular complexity index is 480. The molecule has 1 N–H and O–H groups in total. The van der Waals surface area contributed by atoms with Crippen LogP contribution in [0.2, 0.25) is 10.0 Å². The number of piperazine rings is 1. The molecule has 0 aromatic heterocycles. The molecule has 2 rings (SSSR count). The molecule has 0 unspecified atom stereocenters. The predicted octanol–water partition coefficient (Wildman–Crippen LogP) is 5.13. The highest BCUT2D eigenvalue weighted by atomic mass is 35.5. The highest BCUT2D eigenvalue weighted by Gasteiger charge is 2.32. The van der Waals surface area contributed by atoms with Gasteiger partial charge in [-0.15, -0.1) is 24.8 Å². The van der Waals surface area contributed by atoms with E-state index in [0.717, 1.165) is 13.1 Å². The number of halogens is 7. The first-order chi connectivity index (χ1) is 9.87. The Morgan fingerprint density at radius 2 is 1.74 bits per heavy atom. The van der Waals surface area contributed by atoms with Gasteiger partial charge in [0.2, 0.25) is 0 Å². The van der Waals surface area contributed by atoms with Crippen molar-refractivity contribution in [3.8, 4) is 0 Å². The van der Waals surface area contributed by atoms with Gasteiger partial charge in [-0.25, -0.2) is 0 Å². The largest absolute Gasteiger partial charge is 0.389 e. The van der Waals surface area contributed by atoms with E-state index in [1.54, 1.807) is 18.2 Å². The number of rotatable bonds is 4. The number of nitrogens with zero attached hydrogens (tertiary/aromatic N) is 1. The van der Waals surface area contributed by atoms with Gasteiger partial charge in [0, 0.05) is 48.7 Å². The molecule has 1 aromatic carbocycles. The van der Waals surface area contributed by atoms with Gasteiger partial charge < -0.3 is 5.32 Å². The van der Waals surface area contributed by atoms with E-state index < -0.39 is 12.6 Å². The monoisotopic (exact) mass is 412 g/mol. The molecule has 2 nitrogen and oxygen atoms in total. The highest BCUT2D eigenvalue weighted by molar-refractivity contribution is 6.33. The summed E-state index contributed by atoms with van der Waals surface area (Å²) in [5.41, 5.74) is 0.676. The Morgan fingerprint density at radius 1 is 1.13 bits per heavy atom. The van der Waals surface area contributed by atoms with Crippen LogP contribution >= 0.6 is 48.0 Å². The minimum absolute atomic E-state index is 0. The van der Waals surface area contributed by atoms with Crippen molar-refractivity contribution in [2.75, 3.05) is 26.2 Å². The van der Waals surface area contributed by atoms with Crippen molar-refractivity contribution >= 4 is 48.0 Å². The second kappa shape index (κ2) is 10.2. The summed E-state index contributed by atoms with van der Waals surface area (Å²) in [5, 5.41) is 4.15. The van der Waals surface area contributed by atoms with E-state index in [1.807, 2.05) is 4.90 Å². The third-order valence-corrected chi connectivity index (χ3v) is 4.19. The third kappa shape index (κ3) is 7.24. The van der Waals surface area contributed by atoms with Crippen molar-refractivity contribution in [1.29, 1.82) is 0 Å². The normalized spacial score (nSPS) is 17.1. The van der Waals surface area contributed by atoms with Crippen LogP contribution in [0.4, 0.5) is 13.2 Å². The predicted molar refractivity (Wildman–Crippen MR) is 93.4 cm³/mol. The van der Waals surface area contributed by atoms with Gasteiger partial charge in [-0.3, -0.25) is 4.90 Å². The van der Waals surface area contributed by atoms with Gasteiger partial charge in [0.1, 0.15) is 0 Å². The molecule has 0 spiro atoms. The zero-order valence-electron chi connectivity index (χ0n) is 12.2. The lowest BCUT2D eigenvalue weighted by Gasteiger charge is -2.36. The van der Waals surface area contributed by atoms with Crippen LogP contribution in [-0.2, 0) is 0 Å². The molecule has 134 valence electrons. The Hall–Kier alpha value is 0.0900. The van der Waals surface area contributed by atoms with Gasteiger partial charge in [0.25, 0.3) is 0 Å².